The normalized spacial score (nSPS) is 12.1. The van der Waals surface area contributed by atoms with Gasteiger partial charge in [0.1, 0.15) is 5.69 Å². The van der Waals surface area contributed by atoms with Crippen molar-refractivity contribution >= 4 is 25.2 Å². The van der Waals surface area contributed by atoms with Gasteiger partial charge in [0.05, 0.1) is 30.1 Å². The highest BCUT2D eigenvalue weighted by Gasteiger charge is 2.36. The number of nitrogens with one attached hydrogen (secondary N) is 2. The van der Waals surface area contributed by atoms with Crippen LogP contribution in [0, 0.1) is 0 Å². The minimum absolute atomic E-state index is 0. The molecule has 35 heavy (non-hydrogen) atoms. The fourth-order valence-electron chi connectivity index (χ4n) is 4.02. The van der Waals surface area contributed by atoms with Crippen molar-refractivity contribution in [2.24, 2.45) is 0 Å². The largest absolute Gasteiger partial charge is 0.461 e. The number of aryl methyl sites for hydroxylation is 2. The topological polar surface area (TPSA) is 100 Å². The molecule has 0 unspecified atom stereocenters. The number of hydrogen-bond donors (Lipinski definition) is 3. The van der Waals surface area contributed by atoms with E-state index in [9.17, 15) is 9.90 Å². The number of carbonyl (C=O) groups is 1. The minimum Gasteiger partial charge on any atom is -0.461 e. The molecule has 0 atom stereocenters. The van der Waals surface area contributed by atoms with E-state index in [1.165, 1.54) is 0 Å². The Hall–Kier alpha value is -2.42. The molecule has 3 aromatic rings. The molecule has 0 aliphatic rings. The van der Waals surface area contributed by atoms with Crippen molar-refractivity contribution in [2.45, 2.75) is 86.0 Å². The Labute approximate surface area is 210 Å². The maximum atomic E-state index is 12.9. The van der Waals surface area contributed by atoms with Crippen LogP contribution in [-0.2, 0) is 28.6 Å². The van der Waals surface area contributed by atoms with Crippen LogP contribution < -0.4 is 0 Å². The number of rotatable bonds is 10. The smallest absolute Gasteiger partial charge is 0.355 e. The summed E-state index contributed by atoms with van der Waals surface area (Å²) in [7, 11) is -1.83. The van der Waals surface area contributed by atoms with Gasteiger partial charge >= 0.3 is 5.97 Å². The highest BCUT2D eigenvalue weighted by Crippen LogP contribution is 2.38. The van der Waals surface area contributed by atoms with Gasteiger partial charge < -0.3 is 19.3 Å². The van der Waals surface area contributed by atoms with Crippen molar-refractivity contribution in [3.8, 4) is 11.1 Å². The van der Waals surface area contributed by atoms with Crippen LogP contribution in [0.4, 0.5) is 0 Å². The Balaban J connectivity index is 0.00000432. The highest BCUT2D eigenvalue weighted by atomic mass is 28.4. The van der Waals surface area contributed by atoms with E-state index >= 15 is 0 Å². The molecule has 0 fully saturated rings. The summed E-state index contributed by atoms with van der Waals surface area (Å²) in [4.78, 5) is 16.2. The maximum Gasteiger partial charge on any atom is 0.355 e. The molecule has 2 heterocycles. The number of para-hydroxylation sites is 1. The molecule has 3 rings (SSSR count). The molecule has 0 bridgehead atoms. The number of H-pyrrole nitrogens is 2. The second kappa shape index (κ2) is 11.5. The van der Waals surface area contributed by atoms with Crippen LogP contribution in [0.5, 0.6) is 0 Å². The Morgan fingerprint density at radius 1 is 1.20 bits per heavy atom. The summed E-state index contributed by atoms with van der Waals surface area (Å²) < 4.78 is 11.7. The second-order valence-corrected chi connectivity index (χ2v) is 15.0. The van der Waals surface area contributed by atoms with Crippen molar-refractivity contribution in [3.05, 3.63) is 40.8 Å². The minimum atomic E-state index is -1.83. The lowest BCUT2D eigenvalue weighted by atomic mass is 9.97. The van der Waals surface area contributed by atoms with Gasteiger partial charge in [-0.1, -0.05) is 53.3 Å². The fourth-order valence-corrected chi connectivity index (χ4v) is 5.11. The highest BCUT2D eigenvalue weighted by molar-refractivity contribution is 6.74. The van der Waals surface area contributed by atoms with Gasteiger partial charge in [-0.15, -0.1) is 0 Å². The number of hydrogen-bond acceptors (Lipinski definition) is 5. The standard InChI is InChI=1S/C26H39N3O4Si.CH4/c1-8-20-22(21(16-30)29-28-20)19-13-10-12-17-18(24(27-23(17)19)25(31)32-9-2)14-11-15-33-34(6,7)26(3,4)5;/h10,12-13,27,30H,8-9,11,14-16H2,1-7H3,(H,28,29);1H4. The number of fused-ring (bicyclic) bond motifs is 1. The molecule has 0 aliphatic carbocycles. The molecule has 3 N–H and O–H groups in total. The Bertz CT molecular complexity index is 1120. The van der Waals surface area contributed by atoms with E-state index in [1.54, 1.807) is 0 Å². The molecule has 1 aromatic carbocycles. The maximum absolute atomic E-state index is 12.9. The summed E-state index contributed by atoms with van der Waals surface area (Å²) in [5.41, 5.74) is 5.65. The first-order chi connectivity index (χ1) is 16.1. The molecule has 0 saturated heterocycles. The van der Waals surface area contributed by atoms with Crippen LogP contribution in [-0.4, -0.2) is 47.8 Å². The lowest BCUT2D eigenvalue weighted by Crippen LogP contribution is -2.41. The van der Waals surface area contributed by atoms with E-state index in [0.29, 0.717) is 31.0 Å². The quantitative estimate of drug-likeness (QED) is 0.170. The summed E-state index contributed by atoms with van der Waals surface area (Å²) in [6, 6.07) is 6.03. The first-order valence-electron chi connectivity index (χ1n) is 12.2. The zero-order valence-corrected chi connectivity index (χ0v) is 22.6. The molecule has 0 amide bonds. The molecule has 0 aliphatic heterocycles. The van der Waals surface area contributed by atoms with E-state index in [4.69, 9.17) is 9.16 Å². The number of aliphatic hydroxyl groups excluding tert-OH is 1. The second-order valence-electron chi connectivity index (χ2n) is 10.2. The van der Waals surface area contributed by atoms with E-state index in [-0.39, 0.29) is 25.0 Å². The van der Waals surface area contributed by atoms with E-state index < -0.39 is 8.32 Å². The van der Waals surface area contributed by atoms with Crippen molar-refractivity contribution in [2.75, 3.05) is 13.2 Å². The van der Waals surface area contributed by atoms with Gasteiger partial charge in [-0.25, -0.2) is 4.79 Å². The summed E-state index contributed by atoms with van der Waals surface area (Å²) in [6.45, 7) is 15.9. The van der Waals surface area contributed by atoms with Crippen LogP contribution >= 0.6 is 0 Å². The van der Waals surface area contributed by atoms with Crippen LogP contribution in [0.3, 0.4) is 0 Å². The predicted molar refractivity (Wildman–Crippen MR) is 145 cm³/mol. The zero-order chi connectivity index (χ0) is 25.1. The first kappa shape index (κ1) is 28.8. The number of aromatic nitrogens is 3. The molecule has 8 heteroatoms. The average molecular weight is 502 g/mol. The fraction of sp³-hybridized carbons (Fsp3) is 0.556. The van der Waals surface area contributed by atoms with E-state index in [2.05, 4.69) is 49.0 Å². The van der Waals surface area contributed by atoms with Crippen molar-refractivity contribution in [1.82, 2.24) is 15.2 Å². The van der Waals surface area contributed by atoms with Gasteiger partial charge in [0.25, 0.3) is 0 Å². The van der Waals surface area contributed by atoms with E-state index in [1.807, 2.05) is 32.0 Å². The number of ether oxygens (including phenoxy) is 1. The summed E-state index contributed by atoms with van der Waals surface area (Å²) in [5.74, 6) is -0.352. The zero-order valence-electron chi connectivity index (χ0n) is 21.6. The summed E-state index contributed by atoms with van der Waals surface area (Å²) in [5, 5.41) is 18.4. The van der Waals surface area contributed by atoms with Crippen LogP contribution in [0.15, 0.2) is 18.2 Å². The van der Waals surface area contributed by atoms with Crippen molar-refractivity contribution in [3.63, 3.8) is 0 Å². The van der Waals surface area contributed by atoms with Gasteiger partial charge in [0, 0.05) is 23.1 Å². The number of nitrogens with zero attached hydrogens (tertiary/aromatic N) is 1. The molecule has 7 nitrogen and oxygen atoms in total. The molecule has 0 saturated carbocycles. The van der Waals surface area contributed by atoms with Gasteiger partial charge in [-0.3, -0.25) is 5.10 Å². The van der Waals surface area contributed by atoms with Crippen molar-refractivity contribution < 1.29 is 19.1 Å². The SMILES string of the molecule is C.CCOC(=O)c1[nH]c2c(-c3c(CC)n[nH]c3CO)cccc2c1CCCO[Si](C)(C)C(C)(C)C. The Kier molecular flexibility index (Phi) is 9.50. The van der Waals surface area contributed by atoms with Gasteiger partial charge in [0.15, 0.2) is 8.32 Å². The number of carbonyl (C=O) groups excluding carboxylic acids is 1. The number of aliphatic hydroxyl groups is 1. The number of esters is 1. The molecule has 2 aromatic heterocycles. The lowest BCUT2D eigenvalue weighted by molar-refractivity contribution is 0.0519. The van der Waals surface area contributed by atoms with Gasteiger partial charge in [0.2, 0.25) is 0 Å². The lowest BCUT2D eigenvalue weighted by Gasteiger charge is -2.36. The third kappa shape index (κ3) is 5.87. The first-order valence-corrected chi connectivity index (χ1v) is 15.1. The molecule has 0 radical (unpaired) electrons. The molecular formula is C27H43N3O4Si. The predicted octanol–water partition coefficient (Wildman–Crippen LogP) is 6.38. The van der Waals surface area contributed by atoms with Crippen LogP contribution in [0.2, 0.25) is 18.1 Å². The monoisotopic (exact) mass is 501 g/mol. The molecule has 194 valence electrons. The van der Waals surface area contributed by atoms with Crippen LogP contribution in [0.1, 0.15) is 75.9 Å². The summed E-state index contributed by atoms with van der Waals surface area (Å²) in [6.07, 6.45) is 2.24. The molecular weight excluding hydrogens is 458 g/mol. The van der Waals surface area contributed by atoms with E-state index in [0.717, 1.165) is 46.1 Å². The van der Waals surface area contributed by atoms with Gasteiger partial charge in [-0.2, -0.15) is 5.10 Å². The third-order valence-corrected chi connectivity index (χ3v) is 11.5. The third-order valence-electron chi connectivity index (χ3n) is 6.94. The Morgan fingerprint density at radius 2 is 1.91 bits per heavy atom. The molecule has 0 spiro atoms. The summed E-state index contributed by atoms with van der Waals surface area (Å²) >= 11 is 0. The number of benzene rings is 1. The van der Waals surface area contributed by atoms with Crippen molar-refractivity contribution in [1.29, 1.82) is 0 Å². The average Bonchev–Trinajstić information content (AvgIpc) is 3.37. The number of aromatic amines is 2. The van der Waals surface area contributed by atoms with Gasteiger partial charge in [-0.05, 0) is 49.9 Å². The Morgan fingerprint density at radius 3 is 2.51 bits per heavy atom. The van der Waals surface area contributed by atoms with Crippen LogP contribution in [0.25, 0.3) is 22.0 Å².